The van der Waals surface area contributed by atoms with Crippen LogP contribution in [-0.4, -0.2) is 13.4 Å². The largest absolute Gasteiger partial charge is 0.444 e. The van der Waals surface area contributed by atoms with E-state index in [0.29, 0.717) is 17.2 Å². The third kappa shape index (κ3) is 3.08. The fourth-order valence-electron chi connectivity index (χ4n) is 2.01. The first kappa shape index (κ1) is 15.5. The van der Waals surface area contributed by atoms with Gasteiger partial charge in [0, 0.05) is 0 Å². The molecular weight excluding hydrogens is 290 g/mol. The van der Waals surface area contributed by atoms with E-state index in [9.17, 15) is 8.42 Å². The fourth-order valence-corrected chi connectivity index (χ4v) is 3.41. The summed E-state index contributed by atoms with van der Waals surface area (Å²) < 4.78 is 32.7. The van der Waals surface area contributed by atoms with Crippen LogP contribution in [0, 0.1) is 27.7 Å². The maximum absolute atomic E-state index is 12.4. The number of nitrogens with zero attached hydrogens (tertiary/aromatic N) is 1. The third-order valence-corrected chi connectivity index (χ3v) is 5.07. The van der Waals surface area contributed by atoms with E-state index >= 15 is 0 Å². The Hall–Kier alpha value is -1.86. The molecule has 0 aliphatic rings. The summed E-state index contributed by atoms with van der Waals surface area (Å²) in [4.78, 5) is 4.26. The predicted molar refractivity (Wildman–Crippen MR) is 80.3 cm³/mol. The molecule has 0 aliphatic carbocycles. The van der Waals surface area contributed by atoms with Crippen molar-refractivity contribution >= 4 is 15.7 Å². The van der Waals surface area contributed by atoms with Gasteiger partial charge in [-0.2, -0.15) is 0 Å². The van der Waals surface area contributed by atoms with E-state index in [1.165, 1.54) is 0 Å². The molecule has 6 nitrogen and oxygen atoms in total. The highest BCUT2D eigenvalue weighted by Gasteiger charge is 2.21. The first-order chi connectivity index (χ1) is 9.72. The van der Waals surface area contributed by atoms with Crippen molar-refractivity contribution in [3.63, 3.8) is 0 Å². The normalized spacial score (nSPS) is 11.8. The number of nitrogens with two attached hydrogens (primary N) is 1. The molecule has 0 bridgehead atoms. The number of nitrogens with one attached hydrogen (secondary N) is 1. The van der Waals surface area contributed by atoms with Gasteiger partial charge in [0.15, 0.2) is 0 Å². The molecule has 0 radical (unpaired) electrons. The second-order valence-corrected chi connectivity index (χ2v) is 6.70. The number of aryl methyl sites for hydroxylation is 3. The highest BCUT2D eigenvalue weighted by molar-refractivity contribution is 7.89. The summed E-state index contributed by atoms with van der Waals surface area (Å²) in [6.07, 6.45) is 0. The van der Waals surface area contributed by atoms with Crippen LogP contribution in [0.15, 0.2) is 21.4 Å². The molecule has 2 aromatic rings. The Balaban J connectivity index is 2.29. The van der Waals surface area contributed by atoms with Gasteiger partial charge in [0.1, 0.15) is 10.7 Å². The Morgan fingerprint density at radius 1 is 1.24 bits per heavy atom. The van der Waals surface area contributed by atoms with Gasteiger partial charge in [0.05, 0.1) is 17.9 Å². The lowest BCUT2D eigenvalue weighted by Crippen LogP contribution is -2.25. The van der Waals surface area contributed by atoms with Gasteiger partial charge in [-0.1, -0.05) is 6.07 Å². The van der Waals surface area contributed by atoms with Crippen LogP contribution in [0.3, 0.4) is 0 Å². The van der Waals surface area contributed by atoms with Crippen molar-refractivity contribution in [1.82, 2.24) is 9.71 Å². The molecule has 1 heterocycles. The van der Waals surface area contributed by atoms with E-state index in [4.69, 9.17) is 10.2 Å². The van der Waals surface area contributed by atoms with Crippen molar-refractivity contribution in [2.75, 3.05) is 5.73 Å². The number of anilines is 1. The Morgan fingerprint density at radius 3 is 2.48 bits per heavy atom. The van der Waals surface area contributed by atoms with E-state index < -0.39 is 10.0 Å². The maximum atomic E-state index is 12.4. The molecule has 7 heteroatoms. The van der Waals surface area contributed by atoms with Crippen LogP contribution >= 0.6 is 0 Å². The molecule has 0 saturated carbocycles. The summed E-state index contributed by atoms with van der Waals surface area (Å²) in [5, 5.41) is 0. The highest BCUT2D eigenvalue weighted by Crippen LogP contribution is 2.25. The molecule has 1 aromatic carbocycles. The lowest BCUT2D eigenvalue weighted by atomic mass is 10.1. The second-order valence-electron chi connectivity index (χ2n) is 5.00. The summed E-state index contributed by atoms with van der Waals surface area (Å²) in [7, 11) is -3.72. The minimum atomic E-state index is -3.72. The molecule has 0 saturated heterocycles. The van der Waals surface area contributed by atoms with Gasteiger partial charge in [-0.3, -0.25) is 0 Å². The van der Waals surface area contributed by atoms with Crippen molar-refractivity contribution < 1.29 is 12.8 Å². The molecule has 0 spiro atoms. The number of oxazole rings is 1. The average molecular weight is 309 g/mol. The molecule has 3 N–H and O–H groups in total. The lowest BCUT2D eigenvalue weighted by Gasteiger charge is -2.12. The number of hydrogen-bond acceptors (Lipinski definition) is 5. The van der Waals surface area contributed by atoms with Gasteiger partial charge < -0.3 is 10.2 Å². The Kier molecular flexibility index (Phi) is 4.06. The Morgan fingerprint density at radius 2 is 1.90 bits per heavy atom. The van der Waals surface area contributed by atoms with Crippen LogP contribution in [0.4, 0.5) is 5.69 Å². The van der Waals surface area contributed by atoms with Crippen LogP contribution in [0.5, 0.6) is 0 Å². The minimum absolute atomic E-state index is 0.0101. The quantitative estimate of drug-likeness (QED) is 0.841. The van der Waals surface area contributed by atoms with Crippen LogP contribution < -0.4 is 10.5 Å². The zero-order chi connectivity index (χ0) is 15.8. The van der Waals surface area contributed by atoms with Gasteiger partial charge in [0.2, 0.25) is 15.9 Å². The molecule has 1 aromatic heterocycles. The van der Waals surface area contributed by atoms with Gasteiger partial charge in [0.25, 0.3) is 0 Å². The van der Waals surface area contributed by atoms with Crippen molar-refractivity contribution in [3.05, 3.63) is 40.6 Å². The zero-order valence-electron chi connectivity index (χ0n) is 12.5. The summed E-state index contributed by atoms with van der Waals surface area (Å²) in [6.45, 7) is 7.15. The van der Waals surface area contributed by atoms with E-state index in [-0.39, 0.29) is 17.1 Å². The van der Waals surface area contributed by atoms with Crippen molar-refractivity contribution in [2.45, 2.75) is 39.1 Å². The Labute approximate surface area is 124 Å². The standard InChI is InChI=1S/C14H19N3O3S/c1-8-5-6-12(15)14(9(8)2)21(18,19)16-7-13-17-10(3)11(4)20-13/h5-6,16H,7,15H2,1-4H3. The summed E-state index contributed by atoms with van der Waals surface area (Å²) in [5.74, 6) is 1.01. The van der Waals surface area contributed by atoms with Gasteiger partial charge >= 0.3 is 0 Å². The molecule has 0 aliphatic heterocycles. The third-order valence-electron chi connectivity index (χ3n) is 3.46. The molecule has 21 heavy (non-hydrogen) atoms. The molecule has 114 valence electrons. The monoisotopic (exact) mass is 309 g/mol. The van der Waals surface area contributed by atoms with Crippen molar-refractivity contribution in [3.8, 4) is 0 Å². The smallest absolute Gasteiger partial charge is 0.243 e. The summed E-state index contributed by atoms with van der Waals surface area (Å²) in [5.41, 5.74) is 8.30. The van der Waals surface area contributed by atoms with E-state index in [1.807, 2.05) is 6.92 Å². The molecule has 0 unspecified atom stereocenters. The number of benzene rings is 1. The van der Waals surface area contributed by atoms with Gasteiger partial charge in [-0.25, -0.2) is 18.1 Å². The van der Waals surface area contributed by atoms with Gasteiger partial charge in [-0.05, 0) is 44.9 Å². The topological polar surface area (TPSA) is 98.2 Å². The first-order valence-corrected chi connectivity index (χ1v) is 7.99. The SMILES string of the molecule is Cc1ccc(N)c(S(=O)(=O)NCc2nc(C)c(C)o2)c1C. The Bertz CT molecular complexity index is 760. The van der Waals surface area contributed by atoms with Crippen LogP contribution in [0.25, 0.3) is 0 Å². The summed E-state index contributed by atoms with van der Waals surface area (Å²) >= 11 is 0. The maximum Gasteiger partial charge on any atom is 0.243 e. The van der Waals surface area contributed by atoms with Crippen molar-refractivity contribution in [2.24, 2.45) is 0 Å². The molecule has 0 amide bonds. The van der Waals surface area contributed by atoms with E-state index in [2.05, 4.69) is 9.71 Å². The highest BCUT2D eigenvalue weighted by atomic mass is 32.2. The van der Waals surface area contributed by atoms with E-state index in [0.717, 1.165) is 11.3 Å². The molecule has 0 atom stereocenters. The van der Waals surface area contributed by atoms with Crippen LogP contribution in [-0.2, 0) is 16.6 Å². The van der Waals surface area contributed by atoms with E-state index in [1.54, 1.807) is 32.9 Å². The number of sulfonamides is 1. The minimum Gasteiger partial charge on any atom is -0.444 e. The predicted octanol–water partition coefficient (Wildman–Crippen LogP) is 1.97. The number of hydrogen-bond donors (Lipinski definition) is 2. The number of aromatic nitrogens is 1. The molecular formula is C14H19N3O3S. The van der Waals surface area contributed by atoms with Crippen LogP contribution in [0.2, 0.25) is 0 Å². The lowest BCUT2D eigenvalue weighted by molar-refractivity contribution is 0.463. The fraction of sp³-hybridized carbons (Fsp3) is 0.357. The zero-order valence-corrected chi connectivity index (χ0v) is 13.3. The summed E-state index contributed by atoms with van der Waals surface area (Å²) in [6, 6.07) is 3.39. The molecule has 2 rings (SSSR count). The van der Waals surface area contributed by atoms with Crippen LogP contribution in [0.1, 0.15) is 28.5 Å². The first-order valence-electron chi connectivity index (χ1n) is 6.50. The number of nitrogen functional groups attached to an aromatic ring is 1. The number of rotatable bonds is 4. The van der Waals surface area contributed by atoms with Gasteiger partial charge in [-0.15, -0.1) is 0 Å². The molecule has 0 fully saturated rings. The average Bonchev–Trinajstić information content (AvgIpc) is 2.71. The van der Waals surface area contributed by atoms with Crippen molar-refractivity contribution in [1.29, 1.82) is 0 Å². The second kappa shape index (κ2) is 5.50.